The van der Waals surface area contributed by atoms with Gasteiger partial charge in [-0.25, -0.2) is 23.2 Å². The van der Waals surface area contributed by atoms with Crippen LogP contribution in [0, 0.1) is 17.8 Å². The molecule has 6 rings (SSSR count). The Hall–Kier alpha value is -3.00. The summed E-state index contributed by atoms with van der Waals surface area (Å²) in [7, 11) is -3.28. The molecule has 0 bridgehead atoms. The SMILES string of the molecule is CC1CCC(Cn2c(N3CCN(S(C)(=O)=O)CC3C)nc3nc(-c4noc(=O)[nH]4)nc(NC(C)C4CCC4)c32)CC1. The monoisotopic (exact) mass is 587 g/mol. The molecule has 0 spiro atoms. The number of fused-ring (bicyclic) bond motifs is 1. The van der Waals surface area contributed by atoms with Crippen LogP contribution < -0.4 is 16.0 Å². The molecule has 13 nitrogen and oxygen atoms in total. The van der Waals surface area contributed by atoms with Crippen LogP contribution in [-0.2, 0) is 16.6 Å². The maximum Gasteiger partial charge on any atom is 0.439 e. The Kier molecular flexibility index (Phi) is 7.55. The van der Waals surface area contributed by atoms with Gasteiger partial charge in [0, 0.05) is 38.3 Å². The van der Waals surface area contributed by atoms with E-state index in [0.29, 0.717) is 42.9 Å². The van der Waals surface area contributed by atoms with Crippen LogP contribution in [0.1, 0.15) is 65.7 Å². The lowest BCUT2D eigenvalue weighted by molar-refractivity contribution is 0.265. The number of rotatable bonds is 8. The van der Waals surface area contributed by atoms with Crippen molar-refractivity contribution in [3.8, 4) is 11.6 Å². The highest BCUT2D eigenvalue weighted by Gasteiger charge is 2.34. The van der Waals surface area contributed by atoms with Gasteiger partial charge in [0.1, 0.15) is 5.52 Å². The summed E-state index contributed by atoms with van der Waals surface area (Å²) >= 11 is 0. The van der Waals surface area contributed by atoms with Gasteiger partial charge in [-0.1, -0.05) is 31.3 Å². The lowest BCUT2D eigenvalue weighted by atomic mass is 9.80. The molecular formula is C27H41N9O4S. The number of piperazine rings is 1. The summed E-state index contributed by atoms with van der Waals surface area (Å²) in [5.41, 5.74) is 1.34. The summed E-state index contributed by atoms with van der Waals surface area (Å²) in [5, 5.41) is 7.51. The van der Waals surface area contributed by atoms with Crippen molar-refractivity contribution in [1.29, 1.82) is 0 Å². The molecule has 1 aliphatic heterocycles. The zero-order chi connectivity index (χ0) is 28.9. The number of aromatic amines is 1. The molecule has 3 fully saturated rings. The molecule has 3 aromatic rings. The predicted octanol–water partition coefficient (Wildman–Crippen LogP) is 3.07. The lowest BCUT2D eigenvalue weighted by Crippen LogP contribution is -2.54. The first-order chi connectivity index (χ1) is 19.6. The van der Waals surface area contributed by atoms with Gasteiger partial charge in [0.05, 0.1) is 6.26 Å². The van der Waals surface area contributed by atoms with Crippen molar-refractivity contribution in [3.63, 3.8) is 0 Å². The number of anilines is 2. The highest BCUT2D eigenvalue weighted by atomic mass is 32.2. The van der Waals surface area contributed by atoms with E-state index >= 15 is 0 Å². The van der Waals surface area contributed by atoms with Gasteiger partial charge in [0.15, 0.2) is 11.5 Å². The van der Waals surface area contributed by atoms with E-state index in [2.05, 4.69) is 38.8 Å². The highest BCUT2D eigenvalue weighted by Crippen LogP contribution is 2.37. The topological polar surface area (TPSA) is 155 Å². The van der Waals surface area contributed by atoms with Crippen LogP contribution in [0.3, 0.4) is 0 Å². The summed E-state index contributed by atoms with van der Waals surface area (Å²) in [4.78, 5) is 31.2. The van der Waals surface area contributed by atoms with Crippen LogP contribution in [0.2, 0.25) is 0 Å². The van der Waals surface area contributed by atoms with Gasteiger partial charge in [0.2, 0.25) is 27.6 Å². The number of imidazole rings is 1. The number of H-pyrrole nitrogens is 1. The molecule has 0 aromatic carbocycles. The van der Waals surface area contributed by atoms with Crippen LogP contribution >= 0.6 is 0 Å². The van der Waals surface area contributed by atoms with E-state index in [-0.39, 0.29) is 23.7 Å². The van der Waals surface area contributed by atoms with Crippen molar-refractivity contribution in [1.82, 2.24) is 34.0 Å². The minimum atomic E-state index is -3.28. The Morgan fingerprint density at radius 1 is 1.07 bits per heavy atom. The summed E-state index contributed by atoms with van der Waals surface area (Å²) in [5.74, 6) is 2.97. The highest BCUT2D eigenvalue weighted by molar-refractivity contribution is 7.88. The standard InChI is InChI=1S/C27H41N9O4S/c1-16-8-10-19(11-9-16)15-36-21-22(28-18(3)20-6-5-7-20)29-24(25-32-27(37)40-33-25)30-23(21)31-26(36)35-13-12-34(14-17(35)2)41(4,38)39/h16-20H,5-15H2,1-4H3,(H,28,29,30)(H,32,33,37). The third-order valence-electron chi connectivity index (χ3n) is 9.35. The second-order valence-electron chi connectivity index (χ2n) is 12.4. The second-order valence-corrected chi connectivity index (χ2v) is 14.4. The maximum absolute atomic E-state index is 12.3. The molecule has 2 unspecified atom stereocenters. The van der Waals surface area contributed by atoms with Gasteiger partial charge in [-0.05, 0) is 57.3 Å². The van der Waals surface area contributed by atoms with Crippen molar-refractivity contribution in [2.75, 3.05) is 36.1 Å². The molecule has 2 aliphatic carbocycles. The summed E-state index contributed by atoms with van der Waals surface area (Å²) in [6.07, 6.45) is 9.58. The Bertz CT molecular complexity index is 1550. The van der Waals surface area contributed by atoms with Crippen molar-refractivity contribution in [3.05, 3.63) is 10.6 Å². The normalized spacial score (nSPS) is 25.4. The summed E-state index contributed by atoms with van der Waals surface area (Å²) in [6.45, 7) is 8.65. The number of sulfonamides is 1. The third kappa shape index (κ3) is 5.72. The van der Waals surface area contributed by atoms with Gasteiger partial charge < -0.3 is 14.8 Å². The van der Waals surface area contributed by atoms with E-state index in [4.69, 9.17) is 19.5 Å². The van der Waals surface area contributed by atoms with Gasteiger partial charge >= 0.3 is 5.76 Å². The minimum absolute atomic E-state index is 0.0787. The number of nitrogens with one attached hydrogen (secondary N) is 2. The van der Waals surface area contributed by atoms with Crippen molar-refractivity contribution >= 4 is 33.0 Å². The fraction of sp³-hybridized carbons (Fsp3) is 0.741. The molecule has 0 amide bonds. The molecule has 0 radical (unpaired) electrons. The van der Waals surface area contributed by atoms with E-state index in [1.807, 2.05) is 6.92 Å². The van der Waals surface area contributed by atoms with Crippen molar-refractivity contribution in [2.24, 2.45) is 17.8 Å². The zero-order valence-electron chi connectivity index (χ0n) is 24.3. The molecule has 224 valence electrons. The Morgan fingerprint density at radius 2 is 1.83 bits per heavy atom. The Labute approximate surface area is 240 Å². The van der Waals surface area contributed by atoms with E-state index in [9.17, 15) is 13.2 Å². The fourth-order valence-electron chi connectivity index (χ4n) is 6.52. The first kappa shape index (κ1) is 28.1. The van der Waals surface area contributed by atoms with Crippen molar-refractivity contribution in [2.45, 2.75) is 84.3 Å². The summed E-state index contributed by atoms with van der Waals surface area (Å²) < 4.78 is 33.1. The molecule has 2 atom stereocenters. The maximum atomic E-state index is 12.3. The minimum Gasteiger partial charge on any atom is -0.365 e. The van der Waals surface area contributed by atoms with Crippen LogP contribution in [0.4, 0.5) is 11.8 Å². The number of nitrogens with zero attached hydrogens (tertiary/aromatic N) is 7. The first-order valence-electron chi connectivity index (χ1n) is 14.9. The average Bonchev–Trinajstić information content (AvgIpc) is 3.47. The fourth-order valence-corrected chi connectivity index (χ4v) is 7.42. The predicted molar refractivity (Wildman–Crippen MR) is 156 cm³/mol. The molecular weight excluding hydrogens is 546 g/mol. The lowest BCUT2D eigenvalue weighted by Gasteiger charge is -2.39. The molecule has 2 N–H and O–H groups in total. The largest absolute Gasteiger partial charge is 0.439 e. The van der Waals surface area contributed by atoms with E-state index in [1.165, 1.54) is 42.7 Å². The Morgan fingerprint density at radius 3 is 2.44 bits per heavy atom. The Balaban J connectivity index is 1.46. The molecule has 14 heteroatoms. The zero-order valence-corrected chi connectivity index (χ0v) is 25.2. The van der Waals surface area contributed by atoms with Crippen LogP contribution in [0.15, 0.2) is 9.32 Å². The first-order valence-corrected chi connectivity index (χ1v) is 16.7. The van der Waals surface area contributed by atoms with Gasteiger partial charge in [-0.2, -0.15) is 9.29 Å². The third-order valence-corrected chi connectivity index (χ3v) is 10.6. The molecule has 2 saturated carbocycles. The van der Waals surface area contributed by atoms with Crippen LogP contribution in [-0.4, -0.2) is 80.4 Å². The summed E-state index contributed by atoms with van der Waals surface area (Å²) in [6, 6.07) is 0.121. The van der Waals surface area contributed by atoms with Gasteiger partial charge in [-0.15, -0.1) is 0 Å². The average molecular weight is 588 g/mol. The number of hydrogen-bond acceptors (Lipinski definition) is 10. The molecule has 1 saturated heterocycles. The van der Waals surface area contributed by atoms with Crippen LogP contribution in [0.5, 0.6) is 0 Å². The quantitative estimate of drug-likeness (QED) is 0.402. The second kappa shape index (κ2) is 11.0. The van der Waals surface area contributed by atoms with E-state index in [0.717, 1.165) is 36.8 Å². The molecule has 3 aromatic heterocycles. The van der Waals surface area contributed by atoms with Gasteiger partial charge in [0.25, 0.3) is 0 Å². The van der Waals surface area contributed by atoms with Crippen LogP contribution in [0.25, 0.3) is 22.8 Å². The van der Waals surface area contributed by atoms with E-state index in [1.54, 1.807) is 0 Å². The van der Waals surface area contributed by atoms with Gasteiger partial charge in [-0.3, -0.25) is 9.51 Å². The number of hydrogen-bond donors (Lipinski definition) is 2. The molecule has 3 aliphatic rings. The number of aromatic nitrogens is 6. The molecule has 41 heavy (non-hydrogen) atoms. The molecule has 4 heterocycles. The smallest absolute Gasteiger partial charge is 0.365 e. The van der Waals surface area contributed by atoms with E-state index < -0.39 is 15.8 Å². The van der Waals surface area contributed by atoms with Crippen molar-refractivity contribution < 1.29 is 12.9 Å².